The van der Waals surface area contributed by atoms with Gasteiger partial charge in [0.2, 0.25) is 0 Å². The third kappa shape index (κ3) is 63.2. The van der Waals surface area contributed by atoms with Crippen molar-refractivity contribution in [2.75, 3.05) is 39.6 Å². The molecule has 0 radical (unpaired) electrons. The number of carbonyl (C=O) groups is 4. The lowest BCUT2D eigenvalue weighted by Gasteiger charge is -2.21. The highest BCUT2D eigenvalue weighted by atomic mass is 31.2. The van der Waals surface area contributed by atoms with Crippen LogP contribution in [-0.4, -0.2) is 96.7 Å². The van der Waals surface area contributed by atoms with E-state index in [1.54, 1.807) is 0 Å². The molecule has 0 aromatic heterocycles. The quantitative estimate of drug-likeness (QED) is 0.0222. The third-order valence-electron chi connectivity index (χ3n) is 16.6. The standard InChI is InChI=1S/C70H136O17P2/c1-7-10-12-14-16-18-19-20-21-22-23-24-25-26-28-36-42-48-54-69(74)86-65(58-81-68(73)53-47-41-35-30-29-33-39-45-51-63(6)9-3)60-84-88(76,77)82-56-64(71)57-83-89(78,79)85-61-66(59-80-67(72)52-46-40-34-27-17-15-13-11-8-2)87-70(75)55-49-43-37-31-32-38-44-50-62(4)5/h62-66,71H,7-61H2,1-6H3,(H,76,77)(H,78,79)/t63?,64-,65-,66-/m1/s1. The Hall–Kier alpha value is -1.94. The number of carbonyl (C=O) groups excluding carboxylic acids is 4. The lowest BCUT2D eigenvalue weighted by molar-refractivity contribution is -0.161. The zero-order valence-corrected chi connectivity index (χ0v) is 59.5. The Bertz CT molecular complexity index is 1740. The Morgan fingerprint density at radius 3 is 0.854 bits per heavy atom. The first-order chi connectivity index (χ1) is 42.9. The van der Waals surface area contributed by atoms with Crippen LogP contribution in [0.25, 0.3) is 0 Å². The maximum absolute atomic E-state index is 13.0. The van der Waals surface area contributed by atoms with E-state index in [0.29, 0.717) is 31.6 Å². The summed E-state index contributed by atoms with van der Waals surface area (Å²) in [5.74, 6) is -0.655. The molecule has 17 nitrogen and oxygen atoms in total. The second-order valence-corrected chi connectivity index (χ2v) is 28.9. The normalized spacial score (nSPS) is 14.4. The third-order valence-corrected chi connectivity index (χ3v) is 18.5. The second kappa shape index (κ2) is 62.2. The Morgan fingerprint density at radius 2 is 0.573 bits per heavy atom. The van der Waals surface area contributed by atoms with E-state index in [4.69, 9.17) is 37.0 Å². The summed E-state index contributed by atoms with van der Waals surface area (Å²) >= 11 is 0. The van der Waals surface area contributed by atoms with E-state index in [-0.39, 0.29) is 25.7 Å². The molecule has 89 heavy (non-hydrogen) atoms. The zero-order valence-electron chi connectivity index (χ0n) is 57.7. The second-order valence-electron chi connectivity index (χ2n) is 26.0. The molecule has 19 heteroatoms. The molecule has 0 rings (SSSR count). The molecule has 0 aliphatic rings. The Morgan fingerprint density at radius 1 is 0.326 bits per heavy atom. The summed E-state index contributed by atoms with van der Waals surface area (Å²) in [5.41, 5.74) is 0. The van der Waals surface area contributed by atoms with Gasteiger partial charge in [-0.1, -0.05) is 305 Å². The van der Waals surface area contributed by atoms with Gasteiger partial charge in [0.15, 0.2) is 12.2 Å². The van der Waals surface area contributed by atoms with E-state index in [0.717, 1.165) is 95.8 Å². The van der Waals surface area contributed by atoms with Gasteiger partial charge in [0, 0.05) is 25.7 Å². The summed E-state index contributed by atoms with van der Waals surface area (Å²) < 4.78 is 68.2. The van der Waals surface area contributed by atoms with Crippen LogP contribution in [0.4, 0.5) is 0 Å². The maximum Gasteiger partial charge on any atom is 0.472 e. The van der Waals surface area contributed by atoms with E-state index in [1.165, 1.54) is 173 Å². The van der Waals surface area contributed by atoms with Crippen molar-refractivity contribution in [3.63, 3.8) is 0 Å². The molecule has 3 N–H and O–H groups in total. The van der Waals surface area contributed by atoms with Crippen molar-refractivity contribution in [1.29, 1.82) is 0 Å². The SMILES string of the molecule is CCCCCCCCCCCCCCCCCCCCC(=O)O[C@H](COC(=O)CCCCCCCCCCC(C)CC)COP(=O)(O)OC[C@@H](O)COP(=O)(O)OC[C@@H](COC(=O)CCCCCCCCCCC)OC(=O)CCCCCCCCCC(C)C. The van der Waals surface area contributed by atoms with Gasteiger partial charge in [-0.3, -0.25) is 37.3 Å². The number of aliphatic hydroxyl groups is 1. The number of hydrogen-bond donors (Lipinski definition) is 3. The van der Waals surface area contributed by atoms with Gasteiger partial charge < -0.3 is 33.8 Å². The van der Waals surface area contributed by atoms with Gasteiger partial charge in [0.05, 0.1) is 26.4 Å². The number of unbranched alkanes of at least 4 members (excludes halogenated alkanes) is 38. The van der Waals surface area contributed by atoms with Crippen LogP contribution in [0.1, 0.15) is 356 Å². The predicted octanol–water partition coefficient (Wildman–Crippen LogP) is 20.0. The lowest BCUT2D eigenvalue weighted by Crippen LogP contribution is -2.30. The van der Waals surface area contributed by atoms with Crippen LogP contribution in [0.2, 0.25) is 0 Å². The minimum absolute atomic E-state index is 0.103. The van der Waals surface area contributed by atoms with Crippen molar-refractivity contribution in [2.24, 2.45) is 11.8 Å². The number of hydrogen-bond acceptors (Lipinski definition) is 15. The fourth-order valence-corrected chi connectivity index (χ4v) is 12.1. The zero-order chi connectivity index (χ0) is 65.7. The summed E-state index contributed by atoms with van der Waals surface area (Å²) in [6, 6.07) is 0. The Labute approximate surface area is 543 Å². The van der Waals surface area contributed by atoms with Gasteiger partial charge in [-0.15, -0.1) is 0 Å². The minimum Gasteiger partial charge on any atom is -0.462 e. The Kier molecular flexibility index (Phi) is 60.8. The summed E-state index contributed by atoms with van der Waals surface area (Å²) in [6.07, 6.45) is 47.3. The van der Waals surface area contributed by atoms with Gasteiger partial charge in [0.1, 0.15) is 19.3 Å². The van der Waals surface area contributed by atoms with Crippen LogP contribution < -0.4 is 0 Å². The van der Waals surface area contributed by atoms with Gasteiger partial charge in [-0.2, -0.15) is 0 Å². The summed E-state index contributed by atoms with van der Waals surface area (Å²) in [5, 5.41) is 10.6. The van der Waals surface area contributed by atoms with Crippen molar-refractivity contribution < 1.29 is 80.2 Å². The molecule has 0 spiro atoms. The average Bonchev–Trinajstić information content (AvgIpc) is 3.69. The lowest BCUT2D eigenvalue weighted by atomic mass is 9.99. The molecule has 528 valence electrons. The molecule has 0 fully saturated rings. The highest BCUT2D eigenvalue weighted by molar-refractivity contribution is 7.47. The van der Waals surface area contributed by atoms with E-state index < -0.39 is 97.5 Å². The number of esters is 4. The molecule has 0 bridgehead atoms. The molecular formula is C70H136O17P2. The fraction of sp³-hybridized carbons (Fsp3) is 0.943. The number of phosphoric ester groups is 2. The average molecular weight is 1310 g/mol. The molecule has 0 aliphatic carbocycles. The van der Waals surface area contributed by atoms with E-state index in [1.807, 2.05) is 0 Å². The van der Waals surface area contributed by atoms with Crippen molar-refractivity contribution in [3.05, 3.63) is 0 Å². The van der Waals surface area contributed by atoms with Crippen molar-refractivity contribution in [1.82, 2.24) is 0 Å². The molecule has 0 saturated heterocycles. The van der Waals surface area contributed by atoms with Crippen LogP contribution >= 0.6 is 15.6 Å². The van der Waals surface area contributed by atoms with Crippen molar-refractivity contribution in [3.8, 4) is 0 Å². The van der Waals surface area contributed by atoms with Crippen molar-refractivity contribution in [2.45, 2.75) is 374 Å². The number of phosphoric acid groups is 2. The summed E-state index contributed by atoms with van der Waals surface area (Å²) in [4.78, 5) is 72.4. The summed E-state index contributed by atoms with van der Waals surface area (Å²) in [6.45, 7) is 9.47. The fourth-order valence-electron chi connectivity index (χ4n) is 10.6. The smallest absolute Gasteiger partial charge is 0.462 e. The van der Waals surface area contributed by atoms with Gasteiger partial charge >= 0.3 is 39.5 Å². The predicted molar refractivity (Wildman–Crippen MR) is 358 cm³/mol. The monoisotopic (exact) mass is 1310 g/mol. The molecule has 3 unspecified atom stereocenters. The van der Waals surface area contributed by atoms with Gasteiger partial charge in [0.25, 0.3) is 0 Å². The molecule has 0 saturated carbocycles. The molecule has 0 amide bonds. The summed E-state index contributed by atoms with van der Waals surface area (Å²) in [7, 11) is -9.90. The first-order valence-corrected chi connectivity index (χ1v) is 39.5. The largest absolute Gasteiger partial charge is 0.472 e. The van der Waals surface area contributed by atoms with Crippen LogP contribution in [0, 0.1) is 11.8 Å². The van der Waals surface area contributed by atoms with E-state index >= 15 is 0 Å². The maximum atomic E-state index is 13.0. The topological polar surface area (TPSA) is 237 Å². The van der Waals surface area contributed by atoms with Crippen LogP contribution in [-0.2, 0) is 65.4 Å². The van der Waals surface area contributed by atoms with Crippen molar-refractivity contribution >= 4 is 39.5 Å². The van der Waals surface area contributed by atoms with Crippen LogP contribution in [0.5, 0.6) is 0 Å². The first kappa shape index (κ1) is 87.1. The highest BCUT2D eigenvalue weighted by Gasteiger charge is 2.30. The molecule has 0 aliphatic heterocycles. The molecule has 0 aromatic carbocycles. The minimum atomic E-state index is -4.95. The van der Waals surface area contributed by atoms with Gasteiger partial charge in [-0.25, -0.2) is 9.13 Å². The number of ether oxygens (including phenoxy) is 4. The molecule has 0 aromatic rings. The number of aliphatic hydroxyl groups excluding tert-OH is 1. The van der Waals surface area contributed by atoms with E-state index in [2.05, 4.69) is 41.5 Å². The highest BCUT2D eigenvalue weighted by Crippen LogP contribution is 2.45. The molecule has 0 heterocycles. The Balaban J connectivity index is 5.21. The van der Waals surface area contributed by atoms with Gasteiger partial charge in [-0.05, 0) is 37.5 Å². The van der Waals surface area contributed by atoms with Crippen LogP contribution in [0.3, 0.4) is 0 Å². The van der Waals surface area contributed by atoms with Crippen LogP contribution in [0.15, 0.2) is 0 Å². The van der Waals surface area contributed by atoms with E-state index in [9.17, 15) is 43.2 Å². The number of rotatable bonds is 69. The first-order valence-electron chi connectivity index (χ1n) is 36.5. The molecular weight excluding hydrogens is 1170 g/mol. The molecule has 6 atom stereocenters.